The van der Waals surface area contributed by atoms with Gasteiger partial charge in [0.15, 0.2) is 0 Å². The van der Waals surface area contributed by atoms with Crippen molar-refractivity contribution in [1.82, 2.24) is 9.13 Å². The monoisotopic (exact) mass is 765 g/mol. The average Bonchev–Trinajstić information content (AvgIpc) is 3.81. The standard InChI is InChI=1S/C57H39N3/c1-37-21-31-53-49(33-37)46-17-9-11-19-51(46)59(53)44-27-23-39(24-28-44)48-35-43(36-58)55(40-13-5-3-6-14-40)57(41-15-7-4-8-16-41)56(48)42-25-29-45(30-26-42)60-52-20-12-10-18-47(52)50-34-38(2)22-32-54(50)60/h3-35H,1-2H3. The van der Waals surface area contributed by atoms with Crippen LogP contribution in [0.2, 0.25) is 0 Å². The second-order valence-electron chi connectivity index (χ2n) is 15.8. The maximum atomic E-state index is 10.9. The normalized spacial score (nSPS) is 11.5. The number of hydrogen-bond acceptors (Lipinski definition) is 1. The van der Waals surface area contributed by atoms with E-state index in [0.29, 0.717) is 5.56 Å². The van der Waals surface area contributed by atoms with Gasteiger partial charge in [-0.15, -0.1) is 0 Å². The van der Waals surface area contributed by atoms with E-state index in [9.17, 15) is 5.26 Å². The summed E-state index contributed by atoms with van der Waals surface area (Å²) in [6, 6.07) is 74.2. The first-order valence-electron chi connectivity index (χ1n) is 20.5. The molecule has 0 spiro atoms. The molecule has 2 aromatic heterocycles. The Bertz CT molecular complexity index is 3470. The molecule has 0 aliphatic carbocycles. The molecule has 3 nitrogen and oxygen atoms in total. The molecule has 9 aromatic carbocycles. The van der Waals surface area contributed by atoms with E-state index in [4.69, 9.17) is 0 Å². The Morgan fingerprint density at radius 2 is 0.767 bits per heavy atom. The van der Waals surface area contributed by atoms with Crippen molar-refractivity contribution in [2.24, 2.45) is 0 Å². The zero-order chi connectivity index (χ0) is 40.3. The number of nitrogens with zero attached hydrogens (tertiary/aromatic N) is 3. The molecule has 0 radical (unpaired) electrons. The molecule has 2 heterocycles. The summed E-state index contributed by atoms with van der Waals surface area (Å²) in [5, 5.41) is 15.9. The van der Waals surface area contributed by atoms with E-state index in [-0.39, 0.29) is 0 Å². The van der Waals surface area contributed by atoms with Crippen molar-refractivity contribution in [1.29, 1.82) is 5.26 Å². The minimum absolute atomic E-state index is 0.637. The number of aromatic nitrogens is 2. The molecule has 282 valence electrons. The summed E-state index contributed by atoms with van der Waals surface area (Å²) in [5.74, 6) is 0. The molecule has 0 atom stereocenters. The van der Waals surface area contributed by atoms with Gasteiger partial charge in [-0.2, -0.15) is 5.26 Å². The highest BCUT2D eigenvalue weighted by Crippen LogP contribution is 2.48. The molecular weight excluding hydrogens is 727 g/mol. The van der Waals surface area contributed by atoms with Gasteiger partial charge in [0, 0.05) is 38.5 Å². The maximum absolute atomic E-state index is 10.9. The molecule has 3 heteroatoms. The third-order valence-electron chi connectivity index (χ3n) is 12.1. The summed E-state index contributed by atoms with van der Waals surface area (Å²) >= 11 is 0. The minimum Gasteiger partial charge on any atom is -0.309 e. The van der Waals surface area contributed by atoms with Gasteiger partial charge in [-0.05, 0) is 120 Å². The van der Waals surface area contributed by atoms with Crippen LogP contribution >= 0.6 is 0 Å². The summed E-state index contributed by atoms with van der Waals surface area (Å²) < 4.78 is 4.73. The van der Waals surface area contributed by atoms with Crippen LogP contribution in [0.25, 0.3) is 99.5 Å². The van der Waals surface area contributed by atoms with Crippen molar-refractivity contribution in [3.63, 3.8) is 0 Å². The molecule has 0 unspecified atom stereocenters. The highest BCUT2D eigenvalue weighted by molar-refractivity contribution is 6.11. The zero-order valence-corrected chi connectivity index (χ0v) is 33.4. The molecule has 0 saturated heterocycles. The van der Waals surface area contributed by atoms with E-state index in [1.54, 1.807) is 0 Å². The van der Waals surface area contributed by atoms with Crippen molar-refractivity contribution in [3.05, 3.63) is 217 Å². The van der Waals surface area contributed by atoms with Crippen molar-refractivity contribution in [2.75, 3.05) is 0 Å². The first-order chi connectivity index (χ1) is 29.6. The molecule has 0 fully saturated rings. The fraction of sp³-hybridized carbons (Fsp3) is 0.0351. The SMILES string of the molecule is Cc1ccc2c(c1)c1ccccc1n2-c1ccc(-c2cc(C#N)c(-c3ccccc3)c(-c3ccccc3)c2-c2ccc(-n3c4ccccc4c4cc(C)ccc43)cc2)cc1. The van der Waals surface area contributed by atoms with Crippen LogP contribution < -0.4 is 0 Å². The van der Waals surface area contributed by atoms with Crippen molar-refractivity contribution in [3.8, 4) is 62.0 Å². The van der Waals surface area contributed by atoms with Crippen LogP contribution in [0.15, 0.2) is 200 Å². The first-order valence-corrected chi connectivity index (χ1v) is 20.5. The lowest BCUT2D eigenvalue weighted by atomic mass is 9.80. The fourth-order valence-electron chi connectivity index (χ4n) is 9.39. The van der Waals surface area contributed by atoms with Gasteiger partial charge < -0.3 is 9.13 Å². The molecule has 11 rings (SSSR count). The fourth-order valence-corrected chi connectivity index (χ4v) is 9.39. The largest absolute Gasteiger partial charge is 0.309 e. The Labute approximate surface area is 349 Å². The van der Waals surface area contributed by atoms with Crippen molar-refractivity contribution in [2.45, 2.75) is 13.8 Å². The zero-order valence-electron chi connectivity index (χ0n) is 33.4. The number of para-hydroxylation sites is 2. The van der Waals surface area contributed by atoms with Crippen LogP contribution in [0.3, 0.4) is 0 Å². The Hall–Kier alpha value is -7.93. The summed E-state index contributed by atoms with van der Waals surface area (Å²) in [4.78, 5) is 0. The molecule has 11 aromatic rings. The van der Waals surface area contributed by atoms with Gasteiger partial charge in [0.25, 0.3) is 0 Å². The summed E-state index contributed by atoms with van der Waals surface area (Å²) in [5.41, 5.74) is 18.3. The molecular formula is C57H39N3. The van der Waals surface area contributed by atoms with E-state index in [1.165, 1.54) is 54.7 Å². The molecule has 0 aliphatic rings. The van der Waals surface area contributed by atoms with Gasteiger partial charge in [-0.1, -0.05) is 145 Å². The Morgan fingerprint density at radius 1 is 0.350 bits per heavy atom. The quantitative estimate of drug-likeness (QED) is 0.166. The predicted molar refractivity (Wildman–Crippen MR) is 251 cm³/mol. The number of rotatable bonds is 6. The van der Waals surface area contributed by atoms with Crippen LogP contribution in [-0.2, 0) is 0 Å². The summed E-state index contributed by atoms with van der Waals surface area (Å²) in [7, 11) is 0. The van der Waals surface area contributed by atoms with Gasteiger partial charge in [-0.3, -0.25) is 0 Å². The van der Waals surface area contributed by atoms with Crippen LogP contribution in [-0.4, -0.2) is 9.13 Å². The lowest BCUT2D eigenvalue weighted by molar-refractivity contribution is 1.18. The van der Waals surface area contributed by atoms with Gasteiger partial charge in [0.2, 0.25) is 0 Å². The Kier molecular flexibility index (Phi) is 8.32. The van der Waals surface area contributed by atoms with E-state index in [1.807, 2.05) is 6.07 Å². The van der Waals surface area contributed by atoms with Crippen molar-refractivity contribution < 1.29 is 0 Å². The second-order valence-corrected chi connectivity index (χ2v) is 15.8. The van der Waals surface area contributed by atoms with Gasteiger partial charge in [0.1, 0.15) is 0 Å². The van der Waals surface area contributed by atoms with E-state index in [2.05, 4.69) is 223 Å². The van der Waals surface area contributed by atoms with Crippen LogP contribution in [0.4, 0.5) is 0 Å². The number of benzene rings is 9. The number of aryl methyl sites for hydroxylation is 2. The van der Waals surface area contributed by atoms with Crippen LogP contribution in [0.1, 0.15) is 16.7 Å². The van der Waals surface area contributed by atoms with E-state index < -0.39 is 0 Å². The smallest absolute Gasteiger partial charge is 0.0998 e. The molecule has 0 amide bonds. The van der Waals surface area contributed by atoms with Gasteiger partial charge >= 0.3 is 0 Å². The molecule has 0 N–H and O–H groups in total. The number of hydrogen-bond donors (Lipinski definition) is 0. The topological polar surface area (TPSA) is 33.6 Å². The van der Waals surface area contributed by atoms with Crippen LogP contribution in [0, 0.1) is 25.2 Å². The predicted octanol–water partition coefficient (Wildman–Crippen LogP) is 15.0. The second kappa shape index (κ2) is 14.2. The lowest BCUT2D eigenvalue weighted by Crippen LogP contribution is -1.99. The van der Waals surface area contributed by atoms with E-state index in [0.717, 1.165) is 55.9 Å². The first kappa shape index (κ1) is 35.2. The van der Waals surface area contributed by atoms with Crippen molar-refractivity contribution >= 4 is 43.6 Å². The number of fused-ring (bicyclic) bond motifs is 6. The van der Waals surface area contributed by atoms with Crippen LogP contribution in [0.5, 0.6) is 0 Å². The summed E-state index contributed by atoms with van der Waals surface area (Å²) in [6.07, 6.45) is 0. The highest BCUT2D eigenvalue weighted by atomic mass is 15.0. The van der Waals surface area contributed by atoms with Gasteiger partial charge in [-0.25, -0.2) is 0 Å². The number of nitriles is 1. The molecule has 0 bridgehead atoms. The average molecular weight is 766 g/mol. The highest BCUT2D eigenvalue weighted by Gasteiger charge is 2.24. The maximum Gasteiger partial charge on any atom is 0.0998 e. The summed E-state index contributed by atoms with van der Waals surface area (Å²) in [6.45, 7) is 4.31. The van der Waals surface area contributed by atoms with Gasteiger partial charge in [0.05, 0.1) is 33.7 Å². The third-order valence-corrected chi connectivity index (χ3v) is 12.1. The lowest BCUT2D eigenvalue weighted by Gasteiger charge is -2.22. The molecule has 60 heavy (non-hydrogen) atoms. The minimum atomic E-state index is 0.637. The Morgan fingerprint density at radius 3 is 1.27 bits per heavy atom. The molecule has 0 aliphatic heterocycles. The van der Waals surface area contributed by atoms with E-state index >= 15 is 0 Å². The third kappa shape index (κ3) is 5.65. The molecule has 0 saturated carbocycles. The Balaban J connectivity index is 1.15.